The summed E-state index contributed by atoms with van der Waals surface area (Å²) >= 11 is 0. The van der Waals surface area contributed by atoms with Gasteiger partial charge in [0.2, 0.25) is 0 Å². The Kier molecular flexibility index (Phi) is 5.71. The number of anilines is 2. The fraction of sp³-hybridized carbons (Fsp3) is 0.450. The maximum Gasteiger partial charge on any atom is 0.433 e. The number of ether oxygens (including phenoxy) is 1. The van der Waals surface area contributed by atoms with Crippen molar-refractivity contribution in [3.8, 4) is 11.4 Å². The molecule has 2 bridgehead atoms. The van der Waals surface area contributed by atoms with Gasteiger partial charge in [0.05, 0.1) is 25.4 Å². The number of nitrogens with zero attached hydrogens (tertiary/aromatic N) is 4. The summed E-state index contributed by atoms with van der Waals surface area (Å²) < 4.78 is 46.3. The minimum Gasteiger partial charge on any atom is -0.465 e. The maximum atomic E-state index is 13.5. The van der Waals surface area contributed by atoms with Gasteiger partial charge in [-0.25, -0.2) is 14.8 Å². The molecule has 3 heterocycles. The standard InChI is InChI=1S/C20H21F3N4O4/c21-20(22,23)16-9-17(26-10-14-5-6-15(11-26)31-14)25-18(24-16)12-1-3-13(4-2-12)27(7-8-28)19(29)30/h1-4,9,14-15,28H,5-8,10-11H2,(H,29,30). The average molecular weight is 438 g/mol. The Balaban J connectivity index is 1.68. The Labute approximate surface area is 175 Å². The fourth-order valence-corrected chi connectivity index (χ4v) is 3.90. The van der Waals surface area contributed by atoms with Crippen LogP contribution in [0.3, 0.4) is 0 Å². The lowest BCUT2D eigenvalue weighted by Crippen LogP contribution is -2.43. The van der Waals surface area contributed by atoms with E-state index < -0.39 is 18.0 Å². The number of alkyl halides is 3. The van der Waals surface area contributed by atoms with Gasteiger partial charge in [0, 0.05) is 30.4 Å². The van der Waals surface area contributed by atoms with Gasteiger partial charge in [-0.05, 0) is 37.1 Å². The lowest BCUT2D eigenvalue weighted by molar-refractivity contribution is -0.141. The van der Waals surface area contributed by atoms with Crippen molar-refractivity contribution in [3.63, 3.8) is 0 Å². The van der Waals surface area contributed by atoms with Crippen LogP contribution < -0.4 is 9.80 Å². The third-order valence-corrected chi connectivity index (χ3v) is 5.36. The second-order valence-electron chi connectivity index (χ2n) is 7.50. The molecule has 2 atom stereocenters. The van der Waals surface area contributed by atoms with Crippen molar-refractivity contribution in [1.29, 1.82) is 0 Å². The molecule has 166 valence electrons. The molecule has 1 amide bonds. The van der Waals surface area contributed by atoms with Crippen molar-refractivity contribution >= 4 is 17.6 Å². The van der Waals surface area contributed by atoms with E-state index in [4.69, 9.17) is 9.84 Å². The fourth-order valence-electron chi connectivity index (χ4n) is 3.90. The van der Waals surface area contributed by atoms with E-state index in [9.17, 15) is 23.1 Å². The first-order valence-corrected chi connectivity index (χ1v) is 9.83. The van der Waals surface area contributed by atoms with Gasteiger partial charge in [0.15, 0.2) is 11.5 Å². The van der Waals surface area contributed by atoms with E-state index in [1.54, 1.807) is 4.90 Å². The molecule has 1 aromatic heterocycles. The third kappa shape index (κ3) is 4.57. The summed E-state index contributed by atoms with van der Waals surface area (Å²) in [6.45, 7) is 0.448. The van der Waals surface area contributed by atoms with Crippen molar-refractivity contribution in [2.24, 2.45) is 0 Å². The number of carboxylic acid groups (broad SMARTS) is 1. The molecule has 0 radical (unpaired) electrons. The summed E-state index contributed by atoms with van der Waals surface area (Å²) in [6, 6.07) is 6.76. The van der Waals surface area contributed by atoms with Gasteiger partial charge < -0.3 is 19.8 Å². The van der Waals surface area contributed by atoms with E-state index in [0.717, 1.165) is 23.8 Å². The molecule has 0 saturated carbocycles. The van der Waals surface area contributed by atoms with Crippen LogP contribution >= 0.6 is 0 Å². The largest absolute Gasteiger partial charge is 0.465 e. The second kappa shape index (κ2) is 8.31. The van der Waals surface area contributed by atoms with Crippen LogP contribution in [0.1, 0.15) is 18.5 Å². The number of amides is 1. The Morgan fingerprint density at radius 2 is 1.81 bits per heavy atom. The van der Waals surface area contributed by atoms with Gasteiger partial charge >= 0.3 is 12.3 Å². The van der Waals surface area contributed by atoms with Gasteiger partial charge in [-0.2, -0.15) is 13.2 Å². The number of fused-ring (bicyclic) bond motifs is 2. The number of hydrogen-bond acceptors (Lipinski definition) is 6. The summed E-state index contributed by atoms with van der Waals surface area (Å²) in [6.07, 6.45) is -4.17. The molecule has 4 rings (SSSR count). The molecule has 31 heavy (non-hydrogen) atoms. The highest BCUT2D eigenvalue weighted by molar-refractivity contribution is 5.86. The quantitative estimate of drug-likeness (QED) is 0.740. The highest BCUT2D eigenvalue weighted by Gasteiger charge is 2.37. The molecule has 11 heteroatoms. The van der Waals surface area contributed by atoms with E-state index in [1.165, 1.54) is 24.3 Å². The summed E-state index contributed by atoms with van der Waals surface area (Å²) in [5.41, 5.74) is -0.438. The Morgan fingerprint density at radius 1 is 1.16 bits per heavy atom. The molecule has 2 fully saturated rings. The van der Waals surface area contributed by atoms with Crippen LogP contribution in [-0.4, -0.2) is 64.7 Å². The maximum absolute atomic E-state index is 13.5. The first-order valence-electron chi connectivity index (χ1n) is 9.83. The number of hydrogen-bond donors (Lipinski definition) is 2. The molecule has 2 unspecified atom stereocenters. The van der Waals surface area contributed by atoms with Gasteiger partial charge in [-0.15, -0.1) is 0 Å². The number of carbonyl (C=O) groups is 1. The summed E-state index contributed by atoms with van der Waals surface area (Å²) in [7, 11) is 0. The molecular formula is C20H21F3N4O4. The van der Waals surface area contributed by atoms with E-state index >= 15 is 0 Å². The Morgan fingerprint density at radius 3 is 2.35 bits per heavy atom. The zero-order chi connectivity index (χ0) is 22.2. The van der Waals surface area contributed by atoms with Crippen molar-refractivity contribution in [2.45, 2.75) is 31.2 Å². The number of rotatable bonds is 5. The Bertz CT molecular complexity index is 942. The van der Waals surface area contributed by atoms with Gasteiger partial charge in [0.25, 0.3) is 0 Å². The van der Waals surface area contributed by atoms with Crippen molar-refractivity contribution in [2.75, 3.05) is 36.0 Å². The Hall–Kier alpha value is -2.92. The van der Waals surface area contributed by atoms with Gasteiger partial charge in [-0.3, -0.25) is 4.90 Å². The van der Waals surface area contributed by atoms with Crippen LogP contribution in [0, 0.1) is 0 Å². The van der Waals surface area contributed by atoms with Crippen LogP contribution in [0.2, 0.25) is 0 Å². The van der Waals surface area contributed by atoms with Gasteiger partial charge in [0.1, 0.15) is 5.82 Å². The van der Waals surface area contributed by atoms with Crippen molar-refractivity contribution in [1.82, 2.24) is 9.97 Å². The number of halogens is 3. The predicted molar refractivity (Wildman–Crippen MR) is 105 cm³/mol. The SMILES string of the molecule is O=C(O)N(CCO)c1ccc(-c2nc(N3CC4CCC(C3)O4)cc(C(F)(F)F)n2)cc1. The number of aliphatic hydroxyl groups excluding tert-OH is 1. The average Bonchev–Trinajstić information content (AvgIpc) is 3.08. The number of aliphatic hydroxyl groups is 1. The molecule has 2 saturated heterocycles. The van der Waals surface area contributed by atoms with E-state index in [-0.39, 0.29) is 42.7 Å². The topological polar surface area (TPSA) is 99.0 Å². The summed E-state index contributed by atoms with van der Waals surface area (Å²) in [5, 5.41) is 18.3. The first kappa shape index (κ1) is 21.3. The molecule has 8 nitrogen and oxygen atoms in total. The number of morpholine rings is 1. The summed E-state index contributed by atoms with van der Waals surface area (Å²) in [4.78, 5) is 22.1. The van der Waals surface area contributed by atoms with Crippen molar-refractivity contribution in [3.05, 3.63) is 36.0 Å². The highest BCUT2D eigenvalue weighted by atomic mass is 19.4. The van der Waals surface area contributed by atoms with E-state index in [2.05, 4.69) is 9.97 Å². The predicted octanol–water partition coefficient (Wildman–Crippen LogP) is 3.01. The number of aromatic nitrogens is 2. The molecule has 0 spiro atoms. The molecule has 2 aliphatic heterocycles. The minimum atomic E-state index is -4.64. The number of benzene rings is 1. The monoisotopic (exact) mass is 438 g/mol. The van der Waals surface area contributed by atoms with Crippen LogP contribution in [0.4, 0.5) is 29.5 Å². The van der Waals surface area contributed by atoms with E-state index in [1.807, 2.05) is 0 Å². The van der Waals surface area contributed by atoms with Crippen LogP contribution in [0.15, 0.2) is 30.3 Å². The molecule has 0 aliphatic carbocycles. The lowest BCUT2D eigenvalue weighted by Gasteiger charge is -2.33. The zero-order valence-electron chi connectivity index (χ0n) is 16.4. The second-order valence-corrected chi connectivity index (χ2v) is 7.50. The molecule has 2 aliphatic rings. The smallest absolute Gasteiger partial charge is 0.433 e. The molecule has 1 aromatic carbocycles. The normalized spacial score (nSPS) is 20.7. The zero-order valence-corrected chi connectivity index (χ0v) is 16.4. The lowest BCUT2D eigenvalue weighted by atomic mass is 10.1. The minimum absolute atomic E-state index is 0.0145. The van der Waals surface area contributed by atoms with Gasteiger partial charge in [-0.1, -0.05) is 0 Å². The third-order valence-electron chi connectivity index (χ3n) is 5.36. The molecular weight excluding hydrogens is 417 g/mol. The first-order chi connectivity index (χ1) is 14.7. The molecule has 2 aromatic rings. The van der Waals surface area contributed by atoms with E-state index in [0.29, 0.717) is 18.7 Å². The van der Waals surface area contributed by atoms with Crippen LogP contribution in [0.25, 0.3) is 11.4 Å². The van der Waals surface area contributed by atoms with Crippen LogP contribution in [-0.2, 0) is 10.9 Å². The highest BCUT2D eigenvalue weighted by Crippen LogP contribution is 2.34. The van der Waals surface area contributed by atoms with Crippen molar-refractivity contribution < 1.29 is 32.9 Å². The molecule has 2 N–H and O–H groups in total. The summed E-state index contributed by atoms with van der Waals surface area (Å²) in [5.74, 6) is 0.0910. The van der Waals surface area contributed by atoms with Crippen LogP contribution in [0.5, 0.6) is 0 Å².